The predicted octanol–water partition coefficient (Wildman–Crippen LogP) is 4.65. The summed E-state index contributed by atoms with van der Waals surface area (Å²) < 4.78 is 1.84. The lowest BCUT2D eigenvalue weighted by atomic mass is 9.97. The average Bonchev–Trinajstić information content (AvgIpc) is 3.32. The van der Waals surface area contributed by atoms with Crippen LogP contribution in [0.3, 0.4) is 0 Å². The van der Waals surface area contributed by atoms with Crippen LogP contribution in [-0.4, -0.2) is 47.7 Å². The van der Waals surface area contributed by atoms with Gasteiger partial charge in [-0.25, -0.2) is 9.50 Å². The molecule has 1 aliphatic rings. The highest BCUT2D eigenvalue weighted by Crippen LogP contribution is 2.31. The quantitative estimate of drug-likeness (QED) is 0.428. The average molecular weight is 489 g/mol. The van der Waals surface area contributed by atoms with Crippen molar-refractivity contribution in [3.8, 4) is 11.3 Å². The summed E-state index contributed by atoms with van der Waals surface area (Å²) in [6.45, 7) is 2.01. The summed E-state index contributed by atoms with van der Waals surface area (Å²) in [5, 5.41) is 8.51. The number of nitrogens with one attached hydrogen (secondary N) is 1. The van der Waals surface area contributed by atoms with E-state index in [1.807, 2.05) is 55.1 Å². The molecule has 1 unspecified atom stereocenters. The van der Waals surface area contributed by atoms with Crippen LogP contribution in [0.25, 0.3) is 16.8 Å². The lowest BCUT2D eigenvalue weighted by Gasteiger charge is -2.33. The van der Waals surface area contributed by atoms with Gasteiger partial charge >= 0.3 is 0 Å². The number of hydrogen-bond donors (Lipinski definition) is 1. The van der Waals surface area contributed by atoms with Crippen LogP contribution < -0.4 is 15.1 Å². The van der Waals surface area contributed by atoms with Crippen LogP contribution in [0, 0.1) is 5.92 Å². The first-order valence-electron chi connectivity index (χ1n) is 11.9. The molecule has 2 aromatic heterocycles. The summed E-state index contributed by atoms with van der Waals surface area (Å²) in [6.07, 6.45) is 5.40. The number of carbonyl (C=O) groups is 1. The predicted molar refractivity (Wildman–Crippen MR) is 141 cm³/mol. The highest BCUT2D eigenvalue weighted by molar-refractivity contribution is 6.33. The second kappa shape index (κ2) is 9.96. The number of hydrogen-bond acceptors (Lipinski definition) is 5. The zero-order valence-electron chi connectivity index (χ0n) is 20.0. The third kappa shape index (κ3) is 4.95. The van der Waals surface area contributed by atoms with Gasteiger partial charge in [0.25, 0.3) is 0 Å². The minimum absolute atomic E-state index is 0.0854. The van der Waals surface area contributed by atoms with Gasteiger partial charge in [-0.2, -0.15) is 5.10 Å². The number of piperidine rings is 1. The molecule has 0 bridgehead atoms. The Morgan fingerprint density at radius 2 is 1.97 bits per heavy atom. The molecule has 0 radical (unpaired) electrons. The summed E-state index contributed by atoms with van der Waals surface area (Å²) in [6, 6.07) is 18.0. The van der Waals surface area contributed by atoms with Crippen molar-refractivity contribution in [2.45, 2.75) is 19.4 Å². The van der Waals surface area contributed by atoms with E-state index in [4.69, 9.17) is 16.7 Å². The van der Waals surface area contributed by atoms with Crippen LogP contribution >= 0.6 is 11.6 Å². The van der Waals surface area contributed by atoms with Gasteiger partial charge in [-0.05, 0) is 42.7 Å². The minimum Gasteiger partial charge on any atom is -0.378 e. The van der Waals surface area contributed by atoms with E-state index in [1.165, 1.54) is 0 Å². The molecule has 5 rings (SSSR count). The Bertz CT molecular complexity index is 1330. The van der Waals surface area contributed by atoms with E-state index in [1.54, 1.807) is 6.20 Å². The van der Waals surface area contributed by atoms with E-state index in [2.05, 4.69) is 44.4 Å². The lowest BCUT2D eigenvalue weighted by molar-refractivity contribution is -0.125. The second-order valence-electron chi connectivity index (χ2n) is 9.15. The molecule has 3 heterocycles. The summed E-state index contributed by atoms with van der Waals surface area (Å²) in [5.74, 6) is 0.844. The van der Waals surface area contributed by atoms with Gasteiger partial charge in [-0.3, -0.25) is 4.79 Å². The van der Waals surface area contributed by atoms with Crippen molar-refractivity contribution in [2.24, 2.45) is 5.92 Å². The highest BCUT2D eigenvalue weighted by atomic mass is 35.5. The number of halogens is 1. The minimum atomic E-state index is -0.0854. The van der Waals surface area contributed by atoms with Gasteiger partial charge in [-0.15, -0.1) is 0 Å². The Morgan fingerprint density at radius 3 is 2.74 bits per heavy atom. The first kappa shape index (κ1) is 23.2. The van der Waals surface area contributed by atoms with Gasteiger partial charge in [-0.1, -0.05) is 41.9 Å². The molecule has 2 aromatic carbocycles. The number of anilines is 2. The molecular weight excluding hydrogens is 460 g/mol. The van der Waals surface area contributed by atoms with Crippen molar-refractivity contribution in [3.05, 3.63) is 77.6 Å². The Balaban J connectivity index is 1.30. The molecule has 0 spiro atoms. The molecule has 1 fully saturated rings. The van der Waals surface area contributed by atoms with Gasteiger partial charge in [0.2, 0.25) is 5.91 Å². The molecule has 8 heteroatoms. The van der Waals surface area contributed by atoms with Crippen molar-refractivity contribution in [2.75, 3.05) is 37.0 Å². The molecule has 0 saturated carbocycles. The van der Waals surface area contributed by atoms with Gasteiger partial charge in [0.15, 0.2) is 5.82 Å². The number of carbonyl (C=O) groups excluding carboxylic acids is 1. The molecule has 35 heavy (non-hydrogen) atoms. The smallest absolute Gasteiger partial charge is 0.225 e. The zero-order chi connectivity index (χ0) is 24.4. The molecule has 1 amide bonds. The van der Waals surface area contributed by atoms with Gasteiger partial charge in [0.05, 0.1) is 16.6 Å². The van der Waals surface area contributed by atoms with E-state index < -0.39 is 0 Å². The maximum absolute atomic E-state index is 13.0. The number of amides is 1. The summed E-state index contributed by atoms with van der Waals surface area (Å²) in [4.78, 5) is 21.9. The number of aromatic nitrogens is 3. The normalized spacial score (nSPS) is 15.9. The summed E-state index contributed by atoms with van der Waals surface area (Å²) >= 11 is 6.40. The van der Waals surface area contributed by atoms with E-state index in [-0.39, 0.29) is 11.8 Å². The van der Waals surface area contributed by atoms with E-state index in [0.717, 1.165) is 53.2 Å². The van der Waals surface area contributed by atoms with E-state index in [9.17, 15) is 4.79 Å². The molecule has 7 nitrogen and oxygen atoms in total. The van der Waals surface area contributed by atoms with Gasteiger partial charge in [0.1, 0.15) is 5.52 Å². The van der Waals surface area contributed by atoms with Crippen LogP contribution in [0.2, 0.25) is 5.02 Å². The first-order chi connectivity index (χ1) is 17.0. The third-order valence-corrected chi connectivity index (χ3v) is 6.86. The van der Waals surface area contributed by atoms with Crippen molar-refractivity contribution in [1.29, 1.82) is 0 Å². The molecule has 1 aliphatic heterocycles. The lowest BCUT2D eigenvalue weighted by Crippen LogP contribution is -2.43. The third-order valence-electron chi connectivity index (χ3n) is 6.53. The fourth-order valence-corrected chi connectivity index (χ4v) is 4.81. The Morgan fingerprint density at radius 1 is 1.17 bits per heavy atom. The SMILES string of the molecule is CN(C)c1ccc(CNC(=O)C2CCCN(c3nccn4nc(-c5ccccc5Cl)cc34)C2)cc1. The Labute approximate surface area is 210 Å². The monoisotopic (exact) mass is 488 g/mol. The van der Waals surface area contributed by atoms with Gasteiger partial charge in [0, 0.05) is 57.4 Å². The number of fused-ring (bicyclic) bond motifs is 1. The van der Waals surface area contributed by atoms with Crippen LogP contribution in [0.4, 0.5) is 11.5 Å². The second-order valence-corrected chi connectivity index (χ2v) is 9.56. The highest BCUT2D eigenvalue weighted by Gasteiger charge is 2.28. The standard InChI is InChI=1S/C27H29ClN6O/c1-32(2)21-11-9-19(10-12-21)17-30-27(35)20-6-5-14-33(18-20)26-25-16-24(31-34(25)15-13-29-26)22-7-3-4-8-23(22)28/h3-4,7-13,15-16,20H,5-6,14,17-18H2,1-2H3,(H,30,35). The number of benzene rings is 2. The van der Waals surface area contributed by atoms with E-state index in [0.29, 0.717) is 18.1 Å². The van der Waals surface area contributed by atoms with Crippen molar-refractivity contribution >= 4 is 34.5 Å². The molecule has 1 saturated heterocycles. The number of nitrogens with zero attached hydrogens (tertiary/aromatic N) is 5. The fourth-order valence-electron chi connectivity index (χ4n) is 4.58. The molecule has 1 N–H and O–H groups in total. The summed E-state index contributed by atoms with van der Waals surface area (Å²) in [7, 11) is 4.03. The Hall–Kier alpha value is -3.58. The summed E-state index contributed by atoms with van der Waals surface area (Å²) in [5.41, 5.74) is 4.83. The Kier molecular flexibility index (Phi) is 6.59. The van der Waals surface area contributed by atoms with E-state index >= 15 is 0 Å². The maximum Gasteiger partial charge on any atom is 0.225 e. The van der Waals surface area contributed by atoms with Crippen LogP contribution in [0.1, 0.15) is 18.4 Å². The topological polar surface area (TPSA) is 65.8 Å². The first-order valence-corrected chi connectivity index (χ1v) is 12.3. The van der Waals surface area contributed by atoms with Crippen molar-refractivity contribution in [1.82, 2.24) is 19.9 Å². The molecule has 4 aromatic rings. The molecule has 1 atom stereocenters. The molecule has 180 valence electrons. The van der Waals surface area contributed by atoms with Gasteiger partial charge < -0.3 is 15.1 Å². The molecule has 0 aliphatic carbocycles. The maximum atomic E-state index is 13.0. The fraction of sp³-hybridized carbons (Fsp3) is 0.296. The molecular formula is C27H29ClN6O. The number of rotatable bonds is 6. The van der Waals surface area contributed by atoms with Crippen LogP contribution in [0.5, 0.6) is 0 Å². The van der Waals surface area contributed by atoms with Crippen molar-refractivity contribution in [3.63, 3.8) is 0 Å². The van der Waals surface area contributed by atoms with Crippen LogP contribution in [-0.2, 0) is 11.3 Å². The zero-order valence-corrected chi connectivity index (χ0v) is 20.7. The van der Waals surface area contributed by atoms with Crippen molar-refractivity contribution < 1.29 is 4.79 Å². The largest absolute Gasteiger partial charge is 0.378 e. The van der Waals surface area contributed by atoms with Crippen LogP contribution in [0.15, 0.2) is 67.0 Å².